The maximum absolute atomic E-state index is 12.6. The maximum Gasteiger partial charge on any atom is 0.236 e. The van der Waals surface area contributed by atoms with Gasteiger partial charge in [-0.15, -0.1) is 0 Å². The largest absolute Gasteiger partial charge is 0.409 e. The monoisotopic (exact) mass is 273 g/mol. The summed E-state index contributed by atoms with van der Waals surface area (Å²) in [6, 6.07) is 0. The van der Waals surface area contributed by atoms with Gasteiger partial charge in [0.05, 0.1) is 6.61 Å². The summed E-state index contributed by atoms with van der Waals surface area (Å²) in [6.07, 6.45) is 2.74. The molecule has 0 atom stereocenters. The number of ether oxygens (including phenoxy) is 1. The molecule has 6 nitrogen and oxygen atoms in total. The quantitative estimate of drug-likeness (QED) is 0.288. The van der Waals surface area contributed by atoms with Crippen molar-refractivity contribution in [2.75, 3.05) is 27.3 Å². The number of amidine groups is 1. The molecule has 0 fully saturated rings. The molecule has 0 aromatic heterocycles. The lowest BCUT2D eigenvalue weighted by Gasteiger charge is -2.34. The van der Waals surface area contributed by atoms with Gasteiger partial charge in [0.15, 0.2) is 5.84 Å². The number of hydrogen-bond donors (Lipinski definition) is 2. The lowest BCUT2D eigenvalue weighted by Crippen LogP contribution is -2.51. The van der Waals surface area contributed by atoms with Crippen molar-refractivity contribution < 1.29 is 14.7 Å². The molecule has 0 saturated carbocycles. The van der Waals surface area contributed by atoms with E-state index in [-0.39, 0.29) is 11.7 Å². The van der Waals surface area contributed by atoms with Crippen molar-refractivity contribution in [3.63, 3.8) is 0 Å². The Morgan fingerprint density at radius 1 is 1.37 bits per heavy atom. The summed E-state index contributed by atoms with van der Waals surface area (Å²) in [6.45, 7) is 4.92. The number of amides is 1. The van der Waals surface area contributed by atoms with Crippen molar-refractivity contribution >= 4 is 11.7 Å². The van der Waals surface area contributed by atoms with Gasteiger partial charge >= 0.3 is 0 Å². The van der Waals surface area contributed by atoms with Gasteiger partial charge < -0.3 is 20.6 Å². The highest BCUT2D eigenvalue weighted by molar-refractivity contribution is 6.06. The summed E-state index contributed by atoms with van der Waals surface area (Å²) >= 11 is 0. The predicted octanol–water partition coefficient (Wildman–Crippen LogP) is 1.42. The number of carbonyl (C=O) groups is 1. The van der Waals surface area contributed by atoms with Crippen LogP contribution < -0.4 is 5.73 Å². The third-order valence-corrected chi connectivity index (χ3v) is 3.34. The molecule has 0 spiro atoms. The zero-order valence-electron chi connectivity index (χ0n) is 12.5. The number of oxime groups is 1. The second-order valence-electron chi connectivity index (χ2n) is 4.79. The van der Waals surface area contributed by atoms with Crippen molar-refractivity contribution in [2.45, 2.75) is 39.5 Å². The smallest absolute Gasteiger partial charge is 0.236 e. The Bertz CT molecular complexity index is 300. The number of methoxy groups -OCH3 is 1. The molecule has 0 saturated heterocycles. The van der Waals surface area contributed by atoms with Gasteiger partial charge in [-0.05, 0) is 12.8 Å². The first-order valence-corrected chi connectivity index (χ1v) is 6.72. The molecule has 0 radical (unpaired) electrons. The van der Waals surface area contributed by atoms with E-state index in [0.29, 0.717) is 26.0 Å². The number of carbonyl (C=O) groups excluding carboxylic acids is 1. The van der Waals surface area contributed by atoms with Gasteiger partial charge in [0.1, 0.15) is 5.41 Å². The number of hydrogen-bond acceptors (Lipinski definition) is 4. The summed E-state index contributed by atoms with van der Waals surface area (Å²) in [5, 5.41) is 12.1. The summed E-state index contributed by atoms with van der Waals surface area (Å²) in [5.41, 5.74) is 4.91. The lowest BCUT2D eigenvalue weighted by atomic mass is 9.76. The maximum atomic E-state index is 12.6. The van der Waals surface area contributed by atoms with Crippen molar-refractivity contribution in [3.8, 4) is 0 Å². The summed E-state index contributed by atoms with van der Waals surface area (Å²) in [5.74, 6) is -0.103. The fourth-order valence-electron chi connectivity index (χ4n) is 2.35. The van der Waals surface area contributed by atoms with Gasteiger partial charge in [0, 0.05) is 20.7 Å². The van der Waals surface area contributed by atoms with Crippen LogP contribution in [0.25, 0.3) is 0 Å². The Kier molecular flexibility index (Phi) is 8.14. The molecule has 0 aromatic carbocycles. The van der Waals surface area contributed by atoms with Crippen LogP contribution in [-0.2, 0) is 9.53 Å². The van der Waals surface area contributed by atoms with E-state index in [9.17, 15) is 4.79 Å². The molecule has 0 aliphatic carbocycles. The van der Waals surface area contributed by atoms with Gasteiger partial charge in [0.2, 0.25) is 5.91 Å². The minimum Gasteiger partial charge on any atom is -0.409 e. The highest BCUT2D eigenvalue weighted by Gasteiger charge is 2.43. The highest BCUT2D eigenvalue weighted by Crippen LogP contribution is 2.32. The van der Waals surface area contributed by atoms with Crippen LogP contribution in [0.2, 0.25) is 0 Å². The Morgan fingerprint density at radius 3 is 2.26 bits per heavy atom. The molecule has 0 aliphatic heterocycles. The van der Waals surface area contributed by atoms with E-state index in [1.807, 2.05) is 13.8 Å². The zero-order chi connectivity index (χ0) is 14.9. The molecule has 0 rings (SSSR count). The Labute approximate surface area is 115 Å². The fourth-order valence-corrected chi connectivity index (χ4v) is 2.35. The van der Waals surface area contributed by atoms with Gasteiger partial charge in [-0.1, -0.05) is 31.8 Å². The minimum absolute atomic E-state index is 0.00506. The van der Waals surface area contributed by atoms with Crippen molar-refractivity contribution in [1.29, 1.82) is 0 Å². The summed E-state index contributed by atoms with van der Waals surface area (Å²) in [4.78, 5) is 14.2. The van der Waals surface area contributed by atoms with Gasteiger partial charge in [-0.2, -0.15) is 0 Å². The molecular weight excluding hydrogens is 246 g/mol. The lowest BCUT2D eigenvalue weighted by molar-refractivity contribution is -0.138. The molecule has 3 N–H and O–H groups in total. The van der Waals surface area contributed by atoms with Gasteiger partial charge in [-0.3, -0.25) is 4.79 Å². The predicted molar refractivity (Wildman–Crippen MR) is 75.2 cm³/mol. The van der Waals surface area contributed by atoms with Crippen LogP contribution in [0.4, 0.5) is 0 Å². The first-order valence-electron chi connectivity index (χ1n) is 6.72. The first-order chi connectivity index (χ1) is 8.99. The second-order valence-corrected chi connectivity index (χ2v) is 4.79. The van der Waals surface area contributed by atoms with Crippen LogP contribution >= 0.6 is 0 Å². The van der Waals surface area contributed by atoms with Crippen molar-refractivity contribution in [1.82, 2.24) is 4.90 Å². The number of likely N-dealkylation sites (N-methyl/N-ethyl adjacent to an activating group) is 1. The molecule has 0 bridgehead atoms. The number of nitrogens with two attached hydrogens (primary N) is 1. The third kappa shape index (κ3) is 4.38. The first kappa shape index (κ1) is 17.7. The number of rotatable bonds is 9. The highest BCUT2D eigenvalue weighted by atomic mass is 16.5. The van der Waals surface area contributed by atoms with E-state index in [1.54, 1.807) is 19.1 Å². The molecule has 0 heterocycles. The van der Waals surface area contributed by atoms with Crippen LogP contribution in [0.3, 0.4) is 0 Å². The van der Waals surface area contributed by atoms with Crippen LogP contribution in [0.15, 0.2) is 5.16 Å². The van der Waals surface area contributed by atoms with Crippen LogP contribution in [0.5, 0.6) is 0 Å². The molecule has 0 aliphatic rings. The average molecular weight is 273 g/mol. The summed E-state index contributed by atoms with van der Waals surface area (Å²) < 4.78 is 4.98. The fraction of sp³-hybridized carbons (Fsp3) is 0.846. The van der Waals surface area contributed by atoms with E-state index in [4.69, 9.17) is 15.7 Å². The van der Waals surface area contributed by atoms with Crippen LogP contribution in [0.1, 0.15) is 39.5 Å². The number of nitrogens with zero attached hydrogens (tertiary/aromatic N) is 2. The van der Waals surface area contributed by atoms with E-state index in [2.05, 4.69) is 5.16 Å². The molecule has 6 heteroatoms. The van der Waals surface area contributed by atoms with Crippen molar-refractivity contribution in [2.24, 2.45) is 16.3 Å². The Morgan fingerprint density at radius 2 is 1.89 bits per heavy atom. The summed E-state index contributed by atoms with van der Waals surface area (Å²) in [7, 11) is 3.30. The second kappa shape index (κ2) is 8.74. The van der Waals surface area contributed by atoms with Gasteiger partial charge in [0.25, 0.3) is 0 Å². The normalized spacial score (nSPS) is 12.5. The molecule has 112 valence electrons. The Hall–Kier alpha value is -1.30. The van der Waals surface area contributed by atoms with Crippen LogP contribution in [-0.4, -0.2) is 49.2 Å². The van der Waals surface area contributed by atoms with Crippen molar-refractivity contribution in [3.05, 3.63) is 0 Å². The standard InChI is InChI=1S/C13H27N3O3/c1-5-7-13(8-6-2,11(14)15-18)12(17)16(3)9-10-19-4/h18H,5-10H2,1-4H3,(H2,14,15). The van der Waals surface area contributed by atoms with Crippen LogP contribution in [0, 0.1) is 5.41 Å². The molecule has 0 aromatic rings. The molecule has 19 heavy (non-hydrogen) atoms. The Balaban J connectivity index is 5.24. The topological polar surface area (TPSA) is 88.2 Å². The average Bonchev–Trinajstić information content (AvgIpc) is 2.42. The minimum atomic E-state index is -0.902. The van der Waals surface area contributed by atoms with E-state index in [1.165, 1.54) is 0 Å². The third-order valence-electron chi connectivity index (χ3n) is 3.34. The van der Waals surface area contributed by atoms with E-state index in [0.717, 1.165) is 12.8 Å². The zero-order valence-corrected chi connectivity index (χ0v) is 12.5. The van der Waals surface area contributed by atoms with E-state index < -0.39 is 5.41 Å². The SMILES string of the molecule is CCCC(CCC)(C(=O)N(C)CCOC)C(N)=NO. The molecule has 0 unspecified atom stereocenters. The molecular formula is C13H27N3O3. The van der Waals surface area contributed by atoms with E-state index >= 15 is 0 Å². The molecule has 1 amide bonds. The van der Waals surface area contributed by atoms with Gasteiger partial charge in [-0.25, -0.2) is 0 Å².